The molecule has 0 bridgehead atoms. The minimum Gasteiger partial charge on any atom is -0.495 e. The van der Waals surface area contributed by atoms with Gasteiger partial charge in [0.1, 0.15) is 17.1 Å². The van der Waals surface area contributed by atoms with Gasteiger partial charge in [0.15, 0.2) is 5.65 Å². The Morgan fingerprint density at radius 3 is 2.67 bits per heavy atom. The molecule has 2 amide bonds. The van der Waals surface area contributed by atoms with E-state index in [1.165, 1.54) is 0 Å². The minimum atomic E-state index is -0.0859. The number of methoxy groups -OCH3 is 1. The summed E-state index contributed by atoms with van der Waals surface area (Å²) in [5.74, 6) is 1.73. The van der Waals surface area contributed by atoms with Crippen LogP contribution in [0.4, 0.5) is 10.5 Å². The van der Waals surface area contributed by atoms with Crippen molar-refractivity contribution in [2.75, 3.05) is 45.2 Å². The first-order valence-electron chi connectivity index (χ1n) is 10.4. The molecule has 0 aliphatic carbocycles. The molecule has 2 aromatic heterocycles. The summed E-state index contributed by atoms with van der Waals surface area (Å²) in [6, 6.07) is 11.3. The van der Waals surface area contributed by atoms with Crippen LogP contribution in [0.15, 0.2) is 42.6 Å². The first-order chi connectivity index (χ1) is 14.7. The van der Waals surface area contributed by atoms with Crippen LogP contribution in [0.1, 0.15) is 12.7 Å². The lowest BCUT2D eigenvalue weighted by Gasteiger charge is -2.34. The van der Waals surface area contributed by atoms with Crippen LogP contribution >= 0.6 is 0 Å². The minimum absolute atomic E-state index is 0.0859. The molecular formula is C22H28N6O2. The zero-order valence-corrected chi connectivity index (χ0v) is 17.5. The summed E-state index contributed by atoms with van der Waals surface area (Å²) in [4.78, 5) is 26.1. The SMILES string of the molecule is CCc1nc2cccnc2n1CCN1CCN(C(=O)Nc2ccccc2OC)CC1. The van der Waals surface area contributed by atoms with Crippen molar-refractivity contribution in [3.63, 3.8) is 0 Å². The first kappa shape index (κ1) is 20.2. The van der Waals surface area contributed by atoms with E-state index >= 15 is 0 Å². The van der Waals surface area contributed by atoms with Crippen molar-refractivity contribution in [1.29, 1.82) is 0 Å². The third kappa shape index (κ3) is 4.23. The predicted octanol–water partition coefficient (Wildman–Crippen LogP) is 2.85. The van der Waals surface area contributed by atoms with E-state index in [-0.39, 0.29) is 6.03 Å². The number of aryl methyl sites for hydroxylation is 1. The number of carbonyl (C=O) groups is 1. The Bertz CT molecular complexity index is 1010. The standard InChI is InChI=1S/C22H28N6O2/c1-3-20-24-18-8-6-10-23-21(18)28(20)16-13-26-11-14-27(15-12-26)22(29)25-17-7-4-5-9-19(17)30-2/h4-10H,3,11-16H2,1-2H3,(H,25,29). The number of urea groups is 1. The summed E-state index contributed by atoms with van der Waals surface area (Å²) < 4.78 is 7.53. The average Bonchev–Trinajstić information content (AvgIpc) is 3.16. The summed E-state index contributed by atoms with van der Waals surface area (Å²) >= 11 is 0. The van der Waals surface area contributed by atoms with Gasteiger partial charge in [0.2, 0.25) is 0 Å². The lowest BCUT2D eigenvalue weighted by molar-refractivity contribution is 0.144. The Balaban J connectivity index is 1.31. The van der Waals surface area contributed by atoms with Gasteiger partial charge in [-0.05, 0) is 24.3 Å². The molecule has 158 valence electrons. The Kier molecular flexibility index (Phi) is 6.13. The van der Waals surface area contributed by atoms with Crippen LogP contribution in [-0.2, 0) is 13.0 Å². The Labute approximate surface area is 176 Å². The van der Waals surface area contributed by atoms with Crippen molar-refractivity contribution >= 4 is 22.9 Å². The maximum atomic E-state index is 12.6. The average molecular weight is 409 g/mol. The zero-order chi connectivity index (χ0) is 20.9. The van der Waals surface area contributed by atoms with Crippen LogP contribution in [0.25, 0.3) is 11.2 Å². The Hall–Kier alpha value is -3.13. The van der Waals surface area contributed by atoms with Gasteiger partial charge >= 0.3 is 6.03 Å². The van der Waals surface area contributed by atoms with E-state index in [0.717, 1.165) is 49.6 Å². The highest BCUT2D eigenvalue weighted by Gasteiger charge is 2.22. The van der Waals surface area contributed by atoms with Gasteiger partial charge in [-0.3, -0.25) is 4.90 Å². The number of ether oxygens (including phenoxy) is 1. The molecule has 0 unspecified atom stereocenters. The molecule has 1 fully saturated rings. The summed E-state index contributed by atoms with van der Waals surface area (Å²) in [6.07, 6.45) is 2.70. The van der Waals surface area contributed by atoms with Gasteiger partial charge in [0, 0.05) is 51.9 Å². The molecule has 1 saturated heterocycles. The van der Waals surface area contributed by atoms with Gasteiger partial charge in [-0.25, -0.2) is 14.8 Å². The summed E-state index contributed by atoms with van der Waals surface area (Å²) in [6.45, 7) is 6.98. The second-order valence-corrected chi connectivity index (χ2v) is 7.34. The molecule has 1 aliphatic rings. The maximum absolute atomic E-state index is 12.6. The number of amides is 2. The van der Waals surface area contributed by atoms with E-state index < -0.39 is 0 Å². The number of pyridine rings is 1. The second kappa shape index (κ2) is 9.13. The van der Waals surface area contributed by atoms with Crippen molar-refractivity contribution in [2.24, 2.45) is 0 Å². The van der Waals surface area contributed by atoms with Gasteiger partial charge in [-0.15, -0.1) is 0 Å². The summed E-state index contributed by atoms with van der Waals surface area (Å²) in [7, 11) is 1.60. The van der Waals surface area contributed by atoms with Crippen LogP contribution < -0.4 is 10.1 Å². The highest BCUT2D eigenvalue weighted by molar-refractivity contribution is 5.91. The van der Waals surface area contributed by atoms with E-state index in [1.54, 1.807) is 7.11 Å². The molecule has 1 aliphatic heterocycles. The molecule has 3 aromatic rings. The normalized spacial score (nSPS) is 14.8. The van der Waals surface area contributed by atoms with Crippen LogP contribution in [0, 0.1) is 0 Å². The van der Waals surface area contributed by atoms with Crippen molar-refractivity contribution in [1.82, 2.24) is 24.3 Å². The van der Waals surface area contributed by atoms with Gasteiger partial charge in [0.05, 0.1) is 12.8 Å². The number of fused-ring (bicyclic) bond motifs is 1. The first-order valence-corrected chi connectivity index (χ1v) is 10.4. The molecule has 8 nitrogen and oxygen atoms in total. The van der Waals surface area contributed by atoms with E-state index in [1.807, 2.05) is 47.5 Å². The van der Waals surface area contributed by atoms with Crippen molar-refractivity contribution < 1.29 is 9.53 Å². The zero-order valence-electron chi connectivity index (χ0n) is 17.5. The largest absolute Gasteiger partial charge is 0.495 e. The van der Waals surface area contributed by atoms with Crippen molar-refractivity contribution in [3.05, 3.63) is 48.4 Å². The number of hydrogen-bond donors (Lipinski definition) is 1. The number of hydrogen-bond acceptors (Lipinski definition) is 5. The van der Waals surface area contributed by atoms with E-state index in [4.69, 9.17) is 9.72 Å². The number of nitrogens with one attached hydrogen (secondary N) is 1. The van der Waals surface area contributed by atoms with E-state index in [0.29, 0.717) is 24.5 Å². The van der Waals surface area contributed by atoms with Gasteiger partial charge < -0.3 is 19.5 Å². The lowest BCUT2D eigenvalue weighted by atomic mass is 10.3. The number of imidazole rings is 1. The number of anilines is 1. The van der Waals surface area contributed by atoms with Crippen LogP contribution in [-0.4, -0.2) is 70.2 Å². The third-order valence-electron chi connectivity index (χ3n) is 5.55. The van der Waals surface area contributed by atoms with Crippen LogP contribution in [0.5, 0.6) is 5.75 Å². The quantitative estimate of drug-likeness (QED) is 0.679. The summed E-state index contributed by atoms with van der Waals surface area (Å²) in [5.41, 5.74) is 2.59. The molecule has 1 N–H and O–H groups in total. The molecule has 0 spiro atoms. The topological polar surface area (TPSA) is 75.5 Å². The molecule has 0 saturated carbocycles. The number of nitrogens with zero attached hydrogens (tertiary/aromatic N) is 5. The molecule has 3 heterocycles. The molecule has 1 aromatic carbocycles. The number of benzene rings is 1. The van der Waals surface area contributed by atoms with E-state index in [9.17, 15) is 4.79 Å². The molecule has 4 rings (SSSR count). The predicted molar refractivity (Wildman–Crippen MR) is 117 cm³/mol. The monoisotopic (exact) mass is 408 g/mol. The highest BCUT2D eigenvalue weighted by Crippen LogP contribution is 2.23. The number of carbonyl (C=O) groups excluding carboxylic acids is 1. The van der Waals surface area contributed by atoms with Gasteiger partial charge in [-0.1, -0.05) is 19.1 Å². The smallest absolute Gasteiger partial charge is 0.322 e. The number of para-hydroxylation sites is 2. The van der Waals surface area contributed by atoms with Gasteiger partial charge in [-0.2, -0.15) is 0 Å². The molecular weight excluding hydrogens is 380 g/mol. The molecule has 0 atom stereocenters. The van der Waals surface area contributed by atoms with E-state index in [2.05, 4.69) is 26.7 Å². The molecule has 30 heavy (non-hydrogen) atoms. The fourth-order valence-electron chi connectivity index (χ4n) is 3.87. The Morgan fingerprint density at radius 1 is 1.10 bits per heavy atom. The van der Waals surface area contributed by atoms with Crippen LogP contribution in [0.2, 0.25) is 0 Å². The third-order valence-corrected chi connectivity index (χ3v) is 5.55. The number of piperazine rings is 1. The number of rotatable bonds is 6. The number of aromatic nitrogens is 3. The Morgan fingerprint density at radius 2 is 1.90 bits per heavy atom. The van der Waals surface area contributed by atoms with Gasteiger partial charge in [0.25, 0.3) is 0 Å². The summed E-state index contributed by atoms with van der Waals surface area (Å²) in [5, 5.41) is 2.96. The maximum Gasteiger partial charge on any atom is 0.322 e. The van der Waals surface area contributed by atoms with Crippen molar-refractivity contribution in [3.8, 4) is 5.75 Å². The van der Waals surface area contributed by atoms with Crippen LogP contribution in [0.3, 0.4) is 0 Å². The fraction of sp³-hybridized carbons (Fsp3) is 0.409. The molecule has 8 heteroatoms. The molecule has 0 radical (unpaired) electrons. The second-order valence-electron chi connectivity index (χ2n) is 7.34. The lowest BCUT2D eigenvalue weighted by Crippen LogP contribution is -2.50. The van der Waals surface area contributed by atoms with Crippen molar-refractivity contribution in [2.45, 2.75) is 19.9 Å². The highest BCUT2D eigenvalue weighted by atomic mass is 16.5. The fourth-order valence-corrected chi connectivity index (χ4v) is 3.87.